The molecule has 2 heterocycles. The fraction of sp³-hybridized carbons (Fsp3) is 0.286. The maximum absolute atomic E-state index is 11.2. The normalized spacial score (nSPS) is 14.4. The van der Waals surface area contributed by atoms with Crippen LogP contribution >= 0.6 is 0 Å². The minimum atomic E-state index is -0.576. The van der Waals surface area contributed by atoms with Gasteiger partial charge in [-0.3, -0.25) is 20.2 Å². The number of nitro benzene ring substituents is 1. The molecule has 3 rings (SSSR count). The number of hydrogen-bond donors (Lipinski definition) is 1. The first-order valence-electron chi connectivity index (χ1n) is 7.46. The van der Waals surface area contributed by atoms with Crippen LogP contribution in [0.25, 0.3) is 0 Å². The van der Waals surface area contributed by atoms with E-state index in [-0.39, 0.29) is 23.0 Å². The molecule has 1 aliphatic heterocycles. The Labute approximate surface area is 142 Å². The molecule has 11 nitrogen and oxygen atoms in total. The predicted molar refractivity (Wildman–Crippen MR) is 90.6 cm³/mol. The fourth-order valence-corrected chi connectivity index (χ4v) is 2.75. The molecule has 130 valence electrons. The van der Waals surface area contributed by atoms with Crippen LogP contribution in [0.4, 0.5) is 28.7 Å². The highest BCUT2D eigenvalue weighted by molar-refractivity contribution is 5.69. The van der Waals surface area contributed by atoms with Crippen LogP contribution in [0.15, 0.2) is 30.6 Å². The number of anilines is 3. The second-order valence-electron chi connectivity index (χ2n) is 5.44. The van der Waals surface area contributed by atoms with Crippen LogP contribution in [0.1, 0.15) is 0 Å². The molecule has 25 heavy (non-hydrogen) atoms. The van der Waals surface area contributed by atoms with Crippen LogP contribution < -0.4 is 15.5 Å². The van der Waals surface area contributed by atoms with Crippen LogP contribution in [0.2, 0.25) is 0 Å². The van der Waals surface area contributed by atoms with Gasteiger partial charge in [0.15, 0.2) is 0 Å². The molecular formula is C14H15N7O4. The number of nitrogens with two attached hydrogens (primary N) is 1. The van der Waals surface area contributed by atoms with Crippen molar-refractivity contribution in [3.05, 3.63) is 50.8 Å². The van der Waals surface area contributed by atoms with Crippen LogP contribution in [-0.4, -0.2) is 46.0 Å². The molecule has 1 aliphatic rings. The largest absolute Gasteiger partial charge is 0.378 e. The minimum absolute atomic E-state index is 0.0365. The van der Waals surface area contributed by atoms with E-state index < -0.39 is 9.85 Å². The van der Waals surface area contributed by atoms with Crippen molar-refractivity contribution in [2.24, 2.45) is 0 Å². The van der Waals surface area contributed by atoms with E-state index in [1.165, 1.54) is 18.5 Å². The monoisotopic (exact) mass is 345 g/mol. The quantitative estimate of drug-likeness (QED) is 0.638. The molecule has 1 aromatic heterocycles. The van der Waals surface area contributed by atoms with Gasteiger partial charge in [0.05, 0.1) is 9.85 Å². The maximum Gasteiger partial charge on any atom is 0.353 e. The first-order chi connectivity index (χ1) is 12.0. The third kappa shape index (κ3) is 3.24. The molecule has 0 aliphatic carbocycles. The summed E-state index contributed by atoms with van der Waals surface area (Å²) in [6.07, 6.45) is 1.21. The smallest absolute Gasteiger partial charge is 0.353 e. The average Bonchev–Trinajstić information content (AvgIpc) is 2.61. The van der Waals surface area contributed by atoms with Crippen LogP contribution in [0.5, 0.6) is 0 Å². The maximum atomic E-state index is 11.2. The number of piperazine rings is 1. The number of non-ortho nitro benzene ring substituents is 1. The van der Waals surface area contributed by atoms with Crippen molar-refractivity contribution in [2.75, 3.05) is 41.7 Å². The lowest BCUT2D eigenvalue weighted by atomic mass is 10.2. The standard InChI is InChI=1S/C14H15N7O4/c15-13-12(21(24)25)14(17-9-16-13)19-7-5-18(6-8-19)10-1-3-11(4-2-10)20(22)23/h1-4,9H,5-8H2,(H2,15,16,17). The number of rotatable bonds is 4. The zero-order valence-corrected chi connectivity index (χ0v) is 13.1. The van der Waals surface area contributed by atoms with Gasteiger partial charge in [-0.25, -0.2) is 9.97 Å². The van der Waals surface area contributed by atoms with Crippen LogP contribution in [-0.2, 0) is 0 Å². The molecule has 1 aromatic carbocycles. The van der Waals surface area contributed by atoms with E-state index in [4.69, 9.17) is 5.73 Å². The first-order valence-corrected chi connectivity index (χ1v) is 7.46. The van der Waals surface area contributed by atoms with E-state index in [1.54, 1.807) is 17.0 Å². The Morgan fingerprint density at radius 1 is 0.920 bits per heavy atom. The topological polar surface area (TPSA) is 145 Å². The second-order valence-corrected chi connectivity index (χ2v) is 5.44. The van der Waals surface area contributed by atoms with E-state index in [0.29, 0.717) is 26.2 Å². The Morgan fingerprint density at radius 3 is 2.08 bits per heavy atom. The van der Waals surface area contributed by atoms with Gasteiger partial charge >= 0.3 is 5.69 Å². The molecular weight excluding hydrogens is 330 g/mol. The lowest BCUT2D eigenvalue weighted by Crippen LogP contribution is -2.47. The summed E-state index contributed by atoms with van der Waals surface area (Å²) < 4.78 is 0. The molecule has 0 atom stereocenters. The van der Waals surface area contributed by atoms with E-state index in [2.05, 4.69) is 14.9 Å². The van der Waals surface area contributed by atoms with Gasteiger partial charge in [-0.05, 0) is 12.1 Å². The third-order valence-electron chi connectivity index (χ3n) is 4.02. The van der Waals surface area contributed by atoms with Crippen LogP contribution in [0.3, 0.4) is 0 Å². The van der Waals surface area contributed by atoms with E-state index >= 15 is 0 Å². The molecule has 0 bridgehead atoms. The lowest BCUT2D eigenvalue weighted by molar-refractivity contribution is -0.384. The Kier molecular flexibility index (Phi) is 4.29. The van der Waals surface area contributed by atoms with Gasteiger partial charge in [0.2, 0.25) is 11.6 Å². The van der Waals surface area contributed by atoms with Gasteiger partial charge in [0.25, 0.3) is 5.69 Å². The zero-order valence-electron chi connectivity index (χ0n) is 13.1. The average molecular weight is 345 g/mol. The summed E-state index contributed by atoms with van der Waals surface area (Å²) in [6.45, 7) is 2.21. The summed E-state index contributed by atoms with van der Waals surface area (Å²) in [4.78, 5) is 32.4. The summed E-state index contributed by atoms with van der Waals surface area (Å²) in [5, 5.41) is 21.9. The van der Waals surface area contributed by atoms with Crippen molar-refractivity contribution in [3.63, 3.8) is 0 Å². The van der Waals surface area contributed by atoms with Crippen molar-refractivity contribution in [1.82, 2.24) is 9.97 Å². The molecule has 2 N–H and O–H groups in total. The number of nitro groups is 2. The summed E-state index contributed by atoms with van der Waals surface area (Å²) >= 11 is 0. The van der Waals surface area contributed by atoms with E-state index in [9.17, 15) is 20.2 Å². The lowest BCUT2D eigenvalue weighted by Gasteiger charge is -2.36. The highest BCUT2D eigenvalue weighted by Gasteiger charge is 2.28. The van der Waals surface area contributed by atoms with Crippen LogP contribution in [0, 0.1) is 20.2 Å². The molecule has 1 saturated heterocycles. The fourth-order valence-electron chi connectivity index (χ4n) is 2.75. The Bertz CT molecular complexity index is 803. The number of benzene rings is 1. The molecule has 11 heteroatoms. The highest BCUT2D eigenvalue weighted by Crippen LogP contribution is 2.31. The second kappa shape index (κ2) is 6.55. The summed E-state index contributed by atoms with van der Waals surface area (Å²) in [6, 6.07) is 6.30. The van der Waals surface area contributed by atoms with Crippen molar-refractivity contribution in [3.8, 4) is 0 Å². The Balaban J connectivity index is 1.73. The molecule has 0 unspecified atom stereocenters. The van der Waals surface area contributed by atoms with Gasteiger partial charge in [0.1, 0.15) is 6.33 Å². The SMILES string of the molecule is Nc1ncnc(N2CCN(c3ccc([N+](=O)[O-])cc3)CC2)c1[N+](=O)[O-]. The number of nitrogens with zero attached hydrogens (tertiary/aromatic N) is 6. The van der Waals surface area contributed by atoms with E-state index in [1.807, 2.05) is 0 Å². The molecule has 0 amide bonds. The zero-order chi connectivity index (χ0) is 18.0. The number of nitrogen functional groups attached to an aromatic ring is 1. The number of hydrogen-bond acceptors (Lipinski definition) is 9. The van der Waals surface area contributed by atoms with Gasteiger partial charge in [-0.1, -0.05) is 0 Å². The third-order valence-corrected chi connectivity index (χ3v) is 4.02. The summed E-state index contributed by atoms with van der Waals surface area (Å²) in [5.41, 5.74) is 6.21. The van der Waals surface area contributed by atoms with Gasteiger partial charge in [-0.2, -0.15) is 0 Å². The van der Waals surface area contributed by atoms with E-state index in [0.717, 1.165) is 5.69 Å². The van der Waals surface area contributed by atoms with Crippen molar-refractivity contribution in [1.29, 1.82) is 0 Å². The van der Waals surface area contributed by atoms with Crippen molar-refractivity contribution in [2.45, 2.75) is 0 Å². The summed E-state index contributed by atoms with van der Waals surface area (Å²) in [7, 11) is 0. The molecule has 0 spiro atoms. The van der Waals surface area contributed by atoms with Gasteiger partial charge in [-0.15, -0.1) is 0 Å². The molecule has 0 radical (unpaired) electrons. The summed E-state index contributed by atoms with van der Waals surface area (Å²) in [5.74, 6) is 0.0497. The Morgan fingerprint density at radius 2 is 1.52 bits per heavy atom. The Hall–Kier alpha value is -3.50. The predicted octanol–water partition coefficient (Wildman–Crippen LogP) is 1.20. The highest BCUT2D eigenvalue weighted by atomic mass is 16.6. The molecule has 1 fully saturated rings. The molecule has 0 saturated carbocycles. The minimum Gasteiger partial charge on any atom is -0.378 e. The van der Waals surface area contributed by atoms with Gasteiger partial charge in [0, 0.05) is 44.0 Å². The first kappa shape index (κ1) is 16.4. The van der Waals surface area contributed by atoms with Crippen molar-refractivity contribution < 1.29 is 9.85 Å². The molecule has 2 aromatic rings. The van der Waals surface area contributed by atoms with Gasteiger partial charge < -0.3 is 15.5 Å². The number of aromatic nitrogens is 2. The van der Waals surface area contributed by atoms with Crippen molar-refractivity contribution >= 4 is 28.7 Å².